The smallest absolute Gasteiger partial charge is 0.251 e. The van der Waals surface area contributed by atoms with Gasteiger partial charge in [-0.1, -0.05) is 6.07 Å². The van der Waals surface area contributed by atoms with Crippen LogP contribution in [0.15, 0.2) is 71.9 Å². The highest BCUT2D eigenvalue weighted by Gasteiger charge is 2.22. The molecule has 8 nitrogen and oxygen atoms in total. The van der Waals surface area contributed by atoms with Gasteiger partial charge in [-0.05, 0) is 91.9 Å². The molecule has 3 aromatic heterocycles. The van der Waals surface area contributed by atoms with Crippen LogP contribution in [0, 0.1) is 6.92 Å². The number of fused-ring (bicyclic) bond motifs is 1. The Morgan fingerprint density at radius 3 is 2.52 bits per heavy atom. The van der Waals surface area contributed by atoms with Crippen molar-refractivity contribution in [1.29, 1.82) is 0 Å². The van der Waals surface area contributed by atoms with Crippen molar-refractivity contribution in [2.75, 3.05) is 13.7 Å². The summed E-state index contributed by atoms with van der Waals surface area (Å²) in [7, 11) is 1.00. The zero-order valence-corrected chi connectivity index (χ0v) is 24.7. The van der Waals surface area contributed by atoms with Crippen molar-refractivity contribution in [3.8, 4) is 16.9 Å². The van der Waals surface area contributed by atoms with Crippen molar-refractivity contribution in [3.63, 3.8) is 0 Å². The molecular weight excluding hydrogens is 530 g/mol. The maximum atomic E-state index is 13.0. The van der Waals surface area contributed by atoms with Crippen LogP contribution in [-0.2, 0) is 24.2 Å². The van der Waals surface area contributed by atoms with Gasteiger partial charge in [0.25, 0.3) is 5.56 Å². The Morgan fingerprint density at radius 2 is 1.83 bits per heavy atom. The first-order chi connectivity index (χ1) is 20.2. The third-order valence-electron chi connectivity index (χ3n) is 6.82. The van der Waals surface area contributed by atoms with Gasteiger partial charge in [-0.25, -0.2) is 0 Å². The van der Waals surface area contributed by atoms with Gasteiger partial charge in [-0.15, -0.1) is 0 Å². The summed E-state index contributed by atoms with van der Waals surface area (Å²) in [6, 6.07) is 15.4. The lowest BCUT2D eigenvalue weighted by Crippen LogP contribution is -2.20. The average Bonchev–Trinajstić information content (AvgIpc) is 2.97. The van der Waals surface area contributed by atoms with Crippen molar-refractivity contribution in [2.24, 2.45) is 0 Å². The standard InChI is InChI=1S/C29H23N3O3.C4H10O.CH4O/c1-18-15-24-22(5-7-26(34)32(24)17-19-3-2-11-30-16-19)28(21(18)9-13-33)23-4-6-25-27-20(10-14-35-25)8-12-31-29(23)27;1-4(2,3)5;1-2/h2-8,11-13,15-16H,9-10,14,17H2,1H3;5H,1-3H3;2H,1H3. The highest BCUT2D eigenvalue weighted by molar-refractivity contribution is 6.07. The summed E-state index contributed by atoms with van der Waals surface area (Å²) in [5.74, 6) is 0.834. The van der Waals surface area contributed by atoms with Crippen molar-refractivity contribution < 1.29 is 19.7 Å². The molecule has 0 spiro atoms. The number of hydrogen-bond donors (Lipinski definition) is 2. The summed E-state index contributed by atoms with van der Waals surface area (Å²) >= 11 is 0. The van der Waals surface area contributed by atoms with Crippen LogP contribution in [0.4, 0.5) is 0 Å². The minimum atomic E-state index is -0.500. The zero-order chi connectivity index (χ0) is 30.4. The van der Waals surface area contributed by atoms with Crippen LogP contribution in [0.3, 0.4) is 0 Å². The van der Waals surface area contributed by atoms with Crippen molar-refractivity contribution in [3.05, 3.63) is 99.7 Å². The lowest BCUT2D eigenvalue weighted by Gasteiger charge is -2.22. The predicted octanol–water partition coefficient (Wildman–Crippen LogP) is 5.03. The quantitative estimate of drug-likeness (QED) is 0.286. The molecule has 2 N–H and O–H groups in total. The number of aliphatic hydroxyl groups is 2. The van der Waals surface area contributed by atoms with Crippen molar-refractivity contribution in [1.82, 2.24) is 14.5 Å². The Hall–Kier alpha value is -4.40. The van der Waals surface area contributed by atoms with Crippen LogP contribution in [0.25, 0.3) is 32.9 Å². The van der Waals surface area contributed by atoms with E-state index in [1.807, 2.05) is 55.6 Å². The van der Waals surface area contributed by atoms with Gasteiger partial charge in [0.2, 0.25) is 0 Å². The monoisotopic (exact) mass is 567 g/mol. The second kappa shape index (κ2) is 13.1. The van der Waals surface area contributed by atoms with Gasteiger partial charge in [0.05, 0.1) is 29.8 Å². The van der Waals surface area contributed by atoms with Gasteiger partial charge in [0, 0.05) is 60.9 Å². The molecule has 0 unspecified atom stereocenters. The maximum Gasteiger partial charge on any atom is 0.251 e. The van der Waals surface area contributed by atoms with Gasteiger partial charge < -0.3 is 24.3 Å². The molecule has 0 atom stereocenters. The fraction of sp³-hybridized carbons (Fsp3) is 0.294. The van der Waals surface area contributed by atoms with Crippen LogP contribution in [-0.4, -0.2) is 50.4 Å². The van der Waals surface area contributed by atoms with Crippen LogP contribution >= 0.6 is 0 Å². The lowest BCUT2D eigenvalue weighted by atomic mass is 9.88. The van der Waals surface area contributed by atoms with Crippen LogP contribution in [0.2, 0.25) is 0 Å². The number of aldehydes is 1. The minimum absolute atomic E-state index is 0.0849. The summed E-state index contributed by atoms with van der Waals surface area (Å²) < 4.78 is 7.70. The molecule has 0 saturated heterocycles. The highest BCUT2D eigenvalue weighted by Crippen LogP contribution is 2.42. The van der Waals surface area contributed by atoms with E-state index in [0.717, 1.165) is 75.2 Å². The largest absolute Gasteiger partial charge is 0.493 e. The van der Waals surface area contributed by atoms with E-state index in [9.17, 15) is 9.59 Å². The molecule has 4 heterocycles. The van der Waals surface area contributed by atoms with Gasteiger partial charge in [0.1, 0.15) is 12.0 Å². The molecule has 2 aromatic carbocycles. The highest BCUT2D eigenvalue weighted by atomic mass is 16.5. The van der Waals surface area contributed by atoms with E-state index in [2.05, 4.69) is 4.98 Å². The van der Waals surface area contributed by atoms with E-state index in [4.69, 9.17) is 19.9 Å². The molecule has 0 amide bonds. The topological polar surface area (TPSA) is 115 Å². The molecule has 0 bridgehead atoms. The third kappa shape index (κ3) is 6.56. The number of aliphatic hydroxyl groups excluding tert-OH is 1. The number of hydrogen-bond acceptors (Lipinski definition) is 7. The Bertz CT molecular complexity index is 1760. The number of nitrogens with zero attached hydrogens (tertiary/aromatic N) is 3. The summed E-state index contributed by atoms with van der Waals surface area (Å²) in [4.78, 5) is 33.7. The molecule has 1 aliphatic heterocycles. The normalized spacial score (nSPS) is 12.1. The summed E-state index contributed by atoms with van der Waals surface area (Å²) in [5, 5.41) is 17.5. The Labute approximate surface area is 245 Å². The van der Waals surface area contributed by atoms with Crippen molar-refractivity contribution >= 4 is 28.1 Å². The van der Waals surface area contributed by atoms with Crippen LogP contribution in [0.5, 0.6) is 5.75 Å². The SMILES string of the molecule is CC(C)(C)O.CO.Cc1cc2c(ccc(=O)n2Cc2cccnc2)c(-c2ccc3c4c(ccnc24)CCO3)c1CC=O. The number of carbonyl (C=O) groups excluding carboxylic acids is 1. The number of rotatable bonds is 5. The number of aryl methyl sites for hydroxylation is 1. The Morgan fingerprint density at radius 1 is 1.07 bits per heavy atom. The summed E-state index contributed by atoms with van der Waals surface area (Å²) in [5.41, 5.74) is 7.02. The minimum Gasteiger partial charge on any atom is -0.493 e. The fourth-order valence-electron chi connectivity index (χ4n) is 5.21. The molecule has 0 saturated carbocycles. The first kappa shape index (κ1) is 30.6. The molecule has 6 rings (SSSR count). The number of carbonyl (C=O) groups is 1. The molecule has 5 aromatic rings. The van der Waals surface area contributed by atoms with Crippen molar-refractivity contribution in [2.45, 2.75) is 52.7 Å². The van der Waals surface area contributed by atoms with Crippen LogP contribution < -0.4 is 10.3 Å². The number of ether oxygens (including phenoxy) is 1. The molecule has 1 aliphatic rings. The van der Waals surface area contributed by atoms with E-state index in [1.54, 1.807) is 43.8 Å². The molecule has 8 heteroatoms. The molecular formula is C34H37N3O5. The zero-order valence-electron chi connectivity index (χ0n) is 24.7. The van der Waals surface area contributed by atoms with Gasteiger partial charge in [0.15, 0.2) is 0 Å². The Kier molecular flexibility index (Phi) is 9.50. The van der Waals surface area contributed by atoms with Gasteiger partial charge >= 0.3 is 0 Å². The molecule has 0 aliphatic carbocycles. The number of pyridine rings is 3. The van der Waals surface area contributed by atoms with E-state index < -0.39 is 5.60 Å². The maximum absolute atomic E-state index is 13.0. The summed E-state index contributed by atoms with van der Waals surface area (Å²) in [6.07, 6.45) is 7.37. The first-order valence-corrected chi connectivity index (χ1v) is 13.8. The van der Waals surface area contributed by atoms with Crippen LogP contribution in [0.1, 0.15) is 43.0 Å². The average molecular weight is 568 g/mol. The third-order valence-corrected chi connectivity index (χ3v) is 6.82. The number of aromatic nitrogens is 3. The number of benzene rings is 2. The first-order valence-electron chi connectivity index (χ1n) is 13.8. The van der Waals surface area contributed by atoms with E-state index in [-0.39, 0.29) is 12.0 Å². The fourth-order valence-corrected chi connectivity index (χ4v) is 5.21. The Balaban J connectivity index is 0.000000526. The van der Waals surface area contributed by atoms with E-state index in [1.165, 1.54) is 5.56 Å². The molecule has 42 heavy (non-hydrogen) atoms. The lowest BCUT2D eigenvalue weighted by molar-refractivity contribution is -0.107. The van der Waals surface area contributed by atoms with E-state index in [0.29, 0.717) is 13.2 Å². The molecule has 0 radical (unpaired) electrons. The molecule has 218 valence electrons. The molecule has 0 fully saturated rings. The summed E-state index contributed by atoms with van der Waals surface area (Å²) in [6.45, 7) is 8.28. The van der Waals surface area contributed by atoms with Gasteiger partial charge in [-0.2, -0.15) is 0 Å². The van der Waals surface area contributed by atoms with E-state index >= 15 is 0 Å². The predicted molar refractivity (Wildman–Crippen MR) is 166 cm³/mol. The second-order valence-electron chi connectivity index (χ2n) is 11.0. The second-order valence-corrected chi connectivity index (χ2v) is 11.0. The van der Waals surface area contributed by atoms with Gasteiger partial charge in [-0.3, -0.25) is 14.8 Å².